The third-order valence-corrected chi connectivity index (χ3v) is 7.52. The maximum atomic E-state index is 13.5. The van der Waals surface area contributed by atoms with Crippen LogP contribution in [0.15, 0.2) is 30.3 Å². The first-order valence-electron chi connectivity index (χ1n) is 11.3. The molecule has 0 aromatic heterocycles. The molecule has 156 valence electrons. The molecular weight excluding hydrogens is 364 g/mol. The molecule has 3 saturated carbocycles. The second-order valence-corrected chi connectivity index (χ2v) is 9.77. The SMILES string of the molecule is CC(=O)N[C@@H]1C[C@@H]2CN(C(=O)C3(c4ccccc4)CC3)C[C@@H]2C[C@H]1OCC1CC1. The molecule has 1 saturated heterocycles. The lowest BCUT2D eigenvalue weighted by Gasteiger charge is -2.38. The molecule has 1 heterocycles. The van der Waals surface area contributed by atoms with Crippen LogP contribution in [0.25, 0.3) is 0 Å². The first-order chi connectivity index (χ1) is 14.0. The van der Waals surface area contributed by atoms with Gasteiger partial charge < -0.3 is 15.0 Å². The van der Waals surface area contributed by atoms with Crippen LogP contribution in [-0.2, 0) is 19.7 Å². The van der Waals surface area contributed by atoms with Crippen LogP contribution in [0.2, 0.25) is 0 Å². The van der Waals surface area contributed by atoms with Gasteiger partial charge in [0.25, 0.3) is 0 Å². The van der Waals surface area contributed by atoms with Gasteiger partial charge >= 0.3 is 0 Å². The van der Waals surface area contributed by atoms with Gasteiger partial charge in [-0.1, -0.05) is 30.3 Å². The molecule has 4 atom stereocenters. The molecular formula is C24H32N2O3. The Labute approximate surface area is 173 Å². The maximum absolute atomic E-state index is 13.5. The molecule has 3 aliphatic carbocycles. The van der Waals surface area contributed by atoms with Crippen molar-refractivity contribution < 1.29 is 14.3 Å². The van der Waals surface area contributed by atoms with Gasteiger partial charge in [0.05, 0.1) is 17.6 Å². The van der Waals surface area contributed by atoms with E-state index in [1.54, 1.807) is 6.92 Å². The number of rotatable bonds is 6. The van der Waals surface area contributed by atoms with Crippen LogP contribution in [-0.4, -0.2) is 48.6 Å². The number of amides is 2. The summed E-state index contributed by atoms with van der Waals surface area (Å²) in [5.41, 5.74) is 0.884. The summed E-state index contributed by atoms with van der Waals surface area (Å²) < 4.78 is 6.26. The van der Waals surface area contributed by atoms with Crippen molar-refractivity contribution in [2.75, 3.05) is 19.7 Å². The molecule has 1 aliphatic heterocycles. The molecule has 1 aromatic rings. The third-order valence-electron chi connectivity index (χ3n) is 7.52. The first kappa shape index (κ1) is 19.1. The molecule has 4 fully saturated rings. The zero-order chi connectivity index (χ0) is 20.0. The highest BCUT2D eigenvalue weighted by Crippen LogP contribution is 2.51. The smallest absolute Gasteiger partial charge is 0.233 e. The number of benzene rings is 1. The van der Waals surface area contributed by atoms with Gasteiger partial charge in [-0.3, -0.25) is 9.59 Å². The van der Waals surface area contributed by atoms with Gasteiger partial charge in [-0.05, 0) is 61.8 Å². The topological polar surface area (TPSA) is 58.6 Å². The number of fused-ring (bicyclic) bond motifs is 1. The highest BCUT2D eigenvalue weighted by molar-refractivity contribution is 5.91. The number of ether oxygens (including phenoxy) is 1. The number of hydrogen-bond donors (Lipinski definition) is 1. The van der Waals surface area contributed by atoms with E-state index in [-0.39, 0.29) is 23.5 Å². The Kier molecular flexibility index (Phi) is 4.89. The second-order valence-electron chi connectivity index (χ2n) is 9.77. The van der Waals surface area contributed by atoms with Crippen molar-refractivity contribution in [1.29, 1.82) is 0 Å². The van der Waals surface area contributed by atoms with Gasteiger partial charge in [0.2, 0.25) is 11.8 Å². The Morgan fingerprint density at radius 2 is 1.79 bits per heavy atom. The van der Waals surface area contributed by atoms with Crippen molar-refractivity contribution >= 4 is 11.8 Å². The molecule has 29 heavy (non-hydrogen) atoms. The Balaban J connectivity index is 1.27. The van der Waals surface area contributed by atoms with Crippen LogP contribution in [0.4, 0.5) is 0 Å². The summed E-state index contributed by atoms with van der Waals surface area (Å²) in [5.74, 6) is 1.99. The minimum atomic E-state index is -0.284. The van der Waals surface area contributed by atoms with Gasteiger partial charge in [-0.15, -0.1) is 0 Å². The van der Waals surface area contributed by atoms with E-state index in [4.69, 9.17) is 4.74 Å². The lowest BCUT2D eigenvalue weighted by Crippen LogP contribution is -2.50. The van der Waals surface area contributed by atoms with E-state index in [1.165, 1.54) is 18.4 Å². The summed E-state index contributed by atoms with van der Waals surface area (Å²) in [6.45, 7) is 4.07. The molecule has 5 nitrogen and oxygen atoms in total. The summed E-state index contributed by atoms with van der Waals surface area (Å²) in [7, 11) is 0. The minimum absolute atomic E-state index is 0.0143. The van der Waals surface area contributed by atoms with E-state index in [2.05, 4.69) is 22.3 Å². The van der Waals surface area contributed by atoms with E-state index < -0.39 is 0 Å². The van der Waals surface area contributed by atoms with Crippen LogP contribution in [0.1, 0.15) is 51.0 Å². The minimum Gasteiger partial charge on any atom is -0.376 e. The van der Waals surface area contributed by atoms with Crippen molar-refractivity contribution in [2.24, 2.45) is 17.8 Å². The molecule has 0 radical (unpaired) electrons. The highest BCUT2D eigenvalue weighted by atomic mass is 16.5. The Morgan fingerprint density at radius 3 is 2.41 bits per heavy atom. The molecule has 1 N–H and O–H groups in total. The maximum Gasteiger partial charge on any atom is 0.233 e. The molecule has 0 bridgehead atoms. The zero-order valence-electron chi connectivity index (χ0n) is 17.3. The fourth-order valence-electron chi connectivity index (χ4n) is 5.53. The van der Waals surface area contributed by atoms with Gasteiger partial charge in [0, 0.05) is 26.6 Å². The standard InChI is InChI=1S/C24H32N2O3/c1-16(27)25-21-11-18-13-26(14-19(18)12-22(21)29-15-17-7-8-17)23(28)24(9-10-24)20-5-3-2-4-6-20/h2-6,17-19,21-22H,7-15H2,1H3,(H,25,27)/t18-,19+,21-,22-/m1/s1. The summed E-state index contributed by atoms with van der Waals surface area (Å²) in [6, 6.07) is 10.4. The third kappa shape index (κ3) is 3.81. The van der Waals surface area contributed by atoms with Gasteiger partial charge in [0.15, 0.2) is 0 Å². The largest absolute Gasteiger partial charge is 0.376 e. The molecule has 0 spiro atoms. The van der Waals surface area contributed by atoms with E-state index in [0.717, 1.165) is 45.4 Å². The van der Waals surface area contributed by atoms with Gasteiger partial charge in [0.1, 0.15) is 0 Å². The normalized spacial score (nSPS) is 32.5. The van der Waals surface area contributed by atoms with Crippen molar-refractivity contribution in [3.05, 3.63) is 35.9 Å². The van der Waals surface area contributed by atoms with Crippen molar-refractivity contribution in [3.8, 4) is 0 Å². The van der Waals surface area contributed by atoms with Crippen molar-refractivity contribution in [1.82, 2.24) is 10.2 Å². The Bertz CT molecular complexity index is 772. The zero-order valence-corrected chi connectivity index (χ0v) is 17.3. The van der Waals surface area contributed by atoms with Crippen LogP contribution >= 0.6 is 0 Å². The van der Waals surface area contributed by atoms with Gasteiger partial charge in [-0.25, -0.2) is 0 Å². The molecule has 2 amide bonds. The van der Waals surface area contributed by atoms with Crippen molar-refractivity contribution in [2.45, 2.75) is 63.0 Å². The molecule has 4 aliphatic rings. The summed E-state index contributed by atoms with van der Waals surface area (Å²) >= 11 is 0. The summed E-state index contributed by atoms with van der Waals surface area (Å²) in [4.78, 5) is 27.3. The first-order valence-corrected chi connectivity index (χ1v) is 11.3. The van der Waals surface area contributed by atoms with E-state index >= 15 is 0 Å². The molecule has 0 unspecified atom stereocenters. The van der Waals surface area contributed by atoms with E-state index in [0.29, 0.717) is 23.7 Å². The number of carbonyl (C=O) groups is 2. The number of carbonyl (C=O) groups excluding carboxylic acids is 2. The Hall–Kier alpha value is -1.88. The van der Waals surface area contributed by atoms with E-state index in [9.17, 15) is 9.59 Å². The average Bonchev–Trinajstić information content (AvgIpc) is 3.63. The number of nitrogens with one attached hydrogen (secondary N) is 1. The quantitative estimate of drug-likeness (QED) is 0.804. The molecule has 5 heteroatoms. The van der Waals surface area contributed by atoms with Crippen LogP contribution in [0.3, 0.4) is 0 Å². The molecule has 5 rings (SSSR count). The number of hydrogen-bond acceptors (Lipinski definition) is 3. The summed E-state index contributed by atoms with van der Waals surface area (Å²) in [5, 5.41) is 3.13. The lowest BCUT2D eigenvalue weighted by atomic mass is 9.77. The highest BCUT2D eigenvalue weighted by Gasteiger charge is 2.55. The van der Waals surface area contributed by atoms with Crippen molar-refractivity contribution in [3.63, 3.8) is 0 Å². The van der Waals surface area contributed by atoms with E-state index in [1.807, 2.05) is 18.2 Å². The number of likely N-dealkylation sites (tertiary alicyclic amines) is 1. The lowest BCUT2D eigenvalue weighted by molar-refractivity contribution is -0.133. The number of nitrogens with zero attached hydrogens (tertiary/aromatic N) is 1. The summed E-state index contributed by atoms with van der Waals surface area (Å²) in [6.07, 6.45) is 6.42. The fraction of sp³-hybridized carbons (Fsp3) is 0.667. The second kappa shape index (κ2) is 7.42. The molecule has 1 aromatic carbocycles. The monoisotopic (exact) mass is 396 g/mol. The fourth-order valence-corrected chi connectivity index (χ4v) is 5.53. The average molecular weight is 397 g/mol. The predicted octanol–water partition coefficient (Wildman–Crippen LogP) is 2.89. The van der Waals surface area contributed by atoms with Crippen LogP contribution in [0.5, 0.6) is 0 Å². The van der Waals surface area contributed by atoms with Gasteiger partial charge in [-0.2, -0.15) is 0 Å². The van der Waals surface area contributed by atoms with Crippen LogP contribution in [0, 0.1) is 17.8 Å². The van der Waals surface area contributed by atoms with Crippen LogP contribution < -0.4 is 5.32 Å². The Morgan fingerprint density at radius 1 is 1.10 bits per heavy atom. The predicted molar refractivity (Wildman–Crippen MR) is 110 cm³/mol.